The molecule has 1 aromatic carbocycles. The van der Waals surface area contributed by atoms with E-state index in [0.29, 0.717) is 60.4 Å². The molecule has 3 aromatic rings. The van der Waals surface area contributed by atoms with Gasteiger partial charge >= 0.3 is 5.97 Å². The van der Waals surface area contributed by atoms with Crippen LogP contribution in [0.4, 0.5) is 5.00 Å². The summed E-state index contributed by atoms with van der Waals surface area (Å²) in [7, 11) is -1.90. The minimum atomic E-state index is -3.63. The van der Waals surface area contributed by atoms with Gasteiger partial charge in [0.15, 0.2) is 0 Å². The number of hydrogen-bond acceptors (Lipinski definition) is 9. The van der Waals surface area contributed by atoms with Crippen LogP contribution in [0.3, 0.4) is 0 Å². The van der Waals surface area contributed by atoms with Crippen molar-refractivity contribution in [2.24, 2.45) is 0 Å². The van der Waals surface area contributed by atoms with Crippen LogP contribution in [0.15, 0.2) is 23.1 Å². The van der Waals surface area contributed by atoms with Crippen molar-refractivity contribution in [3.8, 4) is 0 Å². The van der Waals surface area contributed by atoms with Crippen LogP contribution in [0.5, 0.6) is 0 Å². The van der Waals surface area contributed by atoms with E-state index in [1.54, 1.807) is 32.2 Å². The highest BCUT2D eigenvalue weighted by molar-refractivity contribution is 7.89. The van der Waals surface area contributed by atoms with Gasteiger partial charge in [0, 0.05) is 26.7 Å². The Morgan fingerprint density at radius 1 is 1.30 bits per heavy atom. The van der Waals surface area contributed by atoms with Gasteiger partial charge in [0.2, 0.25) is 10.0 Å². The fourth-order valence-electron chi connectivity index (χ4n) is 3.82. The number of aromatic nitrogens is 3. The summed E-state index contributed by atoms with van der Waals surface area (Å²) in [5.41, 5.74) is 2.37. The molecule has 1 aliphatic rings. The molecule has 3 heterocycles. The zero-order valence-corrected chi connectivity index (χ0v) is 20.5. The number of imidazole rings is 1. The minimum absolute atomic E-state index is 0.0303. The van der Waals surface area contributed by atoms with Crippen LogP contribution in [0, 0.1) is 6.92 Å². The third-order valence-corrected chi connectivity index (χ3v) is 8.33. The van der Waals surface area contributed by atoms with E-state index in [1.165, 1.54) is 15.8 Å². The number of aryl methyl sites for hydroxylation is 2. The van der Waals surface area contributed by atoms with E-state index in [9.17, 15) is 13.2 Å². The summed E-state index contributed by atoms with van der Waals surface area (Å²) in [4.78, 5) is 17.5. The first-order valence-corrected chi connectivity index (χ1v) is 13.0. The van der Waals surface area contributed by atoms with Crippen molar-refractivity contribution in [3.63, 3.8) is 0 Å². The number of rotatable bonds is 8. The standard InChI is InChI=1S/C21H27N5O5S2/c1-4-7-26-17-6-5-15(33(28,29)25-8-10-30-11-9-25)12-16(17)23-18(26)13-31-21(27)19-14(2)24-32-20(19)22-3/h5-6,12,22H,4,7-11,13H2,1-3H3. The van der Waals surface area contributed by atoms with Gasteiger partial charge in [0.25, 0.3) is 0 Å². The minimum Gasteiger partial charge on any atom is -0.454 e. The van der Waals surface area contributed by atoms with Crippen LogP contribution in [0.25, 0.3) is 11.0 Å². The highest BCUT2D eigenvalue weighted by Crippen LogP contribution is 2.27. The summed E-state index contributed by atoms with van der Waals surface area (Å²) in [6, 6.07) is 4.96. The van der Waals surface area contributed by atoms with Crippen molar-refractivity contribution in [1.29, 1.82) is 0 Å². The average molecular weight is 494 g/mol. The summed E-state index contributed by atoms with van der Waals surface area (Å²) in [5, 5.41) is 3.61. The van der Waals surface area contributed by atoms with Crippen molar-refractivity contribution >= 4 is 43.6 Å². The van der Waals surface area contributed by atoms with E-state index in [-0.39, 0.29) is 11.5 Å². The fourth-order valence-corrected chi connectivity index (χ4v) is 5.98. The second-order valence-corrected chi connectivity index (χ2v) is 10.4. The lowest BCUT2D eigenvalue weighted by molar-refractivity contribution is 0.0459. The molecule has 0 bridgehead atoms. The van der Waals surface area contributed by atoms with Crippen LogP contribution in [-0.2, 0) is 32.6 Å². The molecule has 0 spiro atoms. The summed E-state index contributed by atoms with van der Waals surface area (Å²) < 4.78 is 44.5. The molecule has 0 amide bonds. The molecule has 0 radical (unpaired) electrons. The van der Waals surface area contributed by atoms with E-state index in [4.69, 9.17) is 9.47 Å². The lowest BCUT2D eigenvalue weighted by Crippen LogP contribution is -2.40. The predicted molar refractivity (Wildman–Crippen MR) is 125 cm³/mol. The van der Waals surface area contributed by atoms with E-state index < -0.39 is 16.0 Å². The molecule has 0 atom stereocenters. The smallest absolute Gasteiger partial charge is 0.343 e. The zero-order chi connectivity index (χ0) is 23.6. The molecule has 0 unspecified atom stereocenters. The Morgan fingerprint density at radius 3 is 2.76 bits per heavy atom. The molecule has 4 rings (SSSR count). The molecular formula is C21H27N5O5S2. The summed E-state index contributed by atoms with van der Waals surface area (Å²) in [6.45, 7) is 5.87. The van der Waals surface area contributed by atoms with E-state index in [0.717, 1.165) is 11.9 Å². The van der Waals surface area contributed by atoms with Crippen molar-refractivity contribution < 1.29 is 22.7 Å². The molecule has 1 fully saturated rings. The van der Waals surface area contributed by atoms with Crippen LogP contribution in [-0.4, -0.2) is 66.0 Å². The number of esters is 1. The first-order chi connectivity index (χ1) is 15.9. The molecule has 0 saturated carbocycles. The maximum absolute atomic E-state index is 13.0. The zero-order valence-electron chi connectivity index (χ0n) is 18.8. The Bertz CT molecular complexity index is 1260. The van der Waals surface area contributed by atoms with Crippen LogP contribution < -0.4 is 5.32 Å². The topological polar surface area (TPSA) is 116 Å². The lowest BCUT2D eigenvalue weighted by Gasteiger charge is -2.26. The number of anilines is 1. The van der Waals surface area contributed by atoms with Crippen molar-refractivity contribution in [2.75, 3.05) is 38.7 Å². The van der Waals surface area contributed by atoms with E-state index >= 15 is 0 Å². The van der Waals surface area contributed by atoms with Gasteiger partial charge in [-0.25, -0.2) is 18.2 Å². The monoisotopic (exact) mass is 493 g/mol. The van der Waals surface area contributed by atoms with Crippen molar-refractivity contribution in [1.82, 2.24) is 18.2 Å². The molecule has 0 aliphatic carbocycles. The summed E-state index contributed by atoms with van der Waals surface area (Å²) in [5.74, 6) is 0.0873. The summed E-state index contributed by atoms with van der Waals surface area (Å²) in [6.07, 6.45) is 0.845. The normalized spacial score (nSPS) is 15.1. The highest BCUT2D eigenvalue weighted by atomic mass is 32.2. The molecular weight excluding hydrogens is 466 g/mol. The first kappa shape index (κ1) is 23.6. The number of fused-ring (bicyclic) bond motifs is 1. The van der Waals surface area contributed by atoms with E-state index in [2.05, 4.69) is 14.7 Å². The number of ether oxygens (including phenoxy) is 2. The van der Waals surface area contributed by atoms with Crippen LogP contribution >= 0.6 is 11.5 Å². The van der Waals surface area contributed by atoms with Crippen LogP contribution in [0.2, 0.25) is 0 Å². The van der Waals surface area contributed by atoms with Gasteiger partial charge in [-0.15, -0.1) is 0 Å². The highest BCUT2D eigenvalue weighted by Gasteiger charge is 2.27. The molecule has 2 aromatic heterocycles. The van der Waals surface area contributed by atoms with Crippen molar-refractivity contribution in [3.05, 3.63) is 35.3 Å². The quantitative estimate of drug-likeness (QED) is 0.476. The van der Waals surface area contributed by atoms with Gasteiger partial charge in [0.1, 0.15) is 23.0 Å². The maximum atomic E-state index is 13.0. The van der Waals surface area contributed by atoms with Gasteiger partial charge in [0.05, 0.1) is 34.8 Å². The second kappa shape index (κ2) is 9.75. The number of carbonyl (C=O) groups excluding carboxylic acids is 1. The number of morpholine rings is 1. The van der Waals surface area contributed by atoms with Crippen molar-refractivity contribution in [2.45, 2.75) is 38.3 Å². The molecule has 1 N–H and O–H groups in total. The Morgan fingerprint density at radius 2 is 2.06 bits per heavy atom. The predicted octanol–water partition coefficient (Wildman–Crippen LogP) is 2.63. The largest absolute Gasteiger partial charge is 0.454 e. The molecule has 178 valence electrons. The lowest BCUT2D eigenvalue weighted by atomic mass is 10.2. The van der Waals surface area contributed by atoms with Gasteiger partial charge in [-0.05, 0) is 43.1 Å². The SMILES string of the molecule is CCCn1c(COC(=O)c2c(C)nsc2NC)nc2cc(S(=O)(=O)N3CCOCC3)ccc21. The average Bonchev–Trinajstić information content (AvgIpc) is 3.37. The van der Waals surface area contributed by atoms with Gasteiger partial charge in [-0.2, -0.15) is 8.68 Å². The third-order valence-electron chi connectivity index (χ3n) is 5.48. The number of benzene rings is 1. The van der Waals surface area contributed by atoms with E-state index in [1.807, 2.05) is 11.5 Å². The molecule has 12 heteroatoms. The third kappa shape index (κ3) is 4.60. The number of sulfonamides is 1. The van der Waals surface area contributed by atoms with Crippen LogP contribution in [0.1, 0.15) is 35.2 Å². The first-order valence-electron chi connectivity index (χ1n) is 10.7. The summed E-state index contributed by atoms with van der Waals surface area (Å²) >= 11 is 1.21. The number of nitrogens with one attached hydrogen (secondary N) is 1. The Kier molecular flexibility index (Phi) is 6.98. The van der Waals surface area contributed by atoms with Gasteiger partial charge in [-0.3, -0.25) is 0 Å². The number of carbonyl (C=O) groups is 1. The Hall–Kier alpha value is -2.54. The molecule has 1 saturated heterocycles. The number of hydrogen-bond donors (Lipinski definition) is 1. The maximum Gasteiger partial charge on any atom is 0.343 e. The Balaban J connectivity index is 1.62. The molecule has 1 aliphatic heterocycles. The Labute approximate surface area is 196 Å². The van der Waals surface area contributed by atoms with Gasteiger partial charge in [-0.1, -0.05) is 6.92 Å². The number of nitrogens with zero attached hydrogens (tertiary/aromatic N) is 4. The second-order valence-electron chi connectivity index (χ2n) is 7.64. The van der Waals surface area contributed by atoms with Gasteiger partial charge < -0.3 is 19.4 Å². The molecule has 33 heavy (non-hydrogen) atoms. The fraction of sp³-hybridized carbons (Fsp3) is 0.476. The molecule has 10 nitrogen and oxygen atoms in total.